The lowest BCUT2D eigenvalue weighted by Crippen LogP contribution is -1.85. The number of allylic oxidation sites excluding steroid dienone is 1. The summed E-state index contributed by atoms with van der Waals surface area (Å²) < 4.78 is 24.8. The Morgan fingerprint density at radius 2 is 1.91 bits per heavy atom. The minimum atomic E-state index is -0.833. The second kappa shape index (κ2) is 3.28. The largest absolute Gasteiger partial charge is 0.204 e. The van der Waals surface area contributed by atoms with Crippen molar-refractivity contribution in [2.24, 2.45) is 0 Å². The van der Waals surface area contributed by atoms with Crippen LogP contribution in [0.1, 0.15) is 5.56 Å². The predicted molar refractivity (Wildman–Crippen MR) is 40.0 cm³/mol. The van der Waals surface area contributed by atoms with Crippen LogP contribution in [0.5, 0.6) is 0 Å². The SMILES string of the molecule is C=C[CH]c1ccc(F)c(F)c1. The van der Waals surface area contributed by atoms with Crippen LogP contribution in [0.25, 0.3) is 0 Å². The van der Waals surface area contributed by atoms with Crippen molar-refractivity contribution in [3.8, 4) is 0 Å². The van der Waals surface area contributed by atoms with Crippen molar-refractivity contribution in [1.29, 1.82) is 0 Å². The standard InChI is InChI=1S/C9H7F2/c1-2-3-7-4-5-8(10)9(11)6-7/h2-6H,1H2. The van der Waals surface area contributed by atoms with Gasteiger partial charge in [0.15, 0.2) is 11.6 Å². The van der Waals surface area contributed by atoms with Crippen LogP contribution in [-0.2, 0) is 0 Å². The van der Waals surface area contributed by atoms with Gasteiger partial charge in [-0.2, -0.15) is 0 Å². The van der Waals surface area contributed by atoms with Gasteiger partial charge in [-0.15, -0.1) is 6.58 Å². The van der Waals surface area contributed by atoms with Gasteiger partial charge in [0, 0.05) is 6.42 Å². The maximum Gasteiger partial charge on any atom is 0.159 e. The van der Waals surface area contributed by atoms with E-state index in [2.05, 4.69) is 6.58 Å². The molecule has 0 nitrogen and oxygen atoms in total. The molecule has 57 valence electrons. The van der Waals surface area contributed by atoms with E-state index in [4.69, 9.17) is 0 Å². The van der Waals surface area contributed by atoms with Gasteiger partial charge in [0.1, 0.15) is 0 Å². The smallest absolute Gasteiger partial charge is 0.159 e. The summed E-state index contributed by atoms with van der Waals surface area (Å²) in [5.74, 6) is -1.66. The topological polar surface area (TPSA) is 0 Å². The van der Waals surface area contributed by atoms with Gasteiger partial charge in [-0.25, -0.2) is 8.78 Å². The minimum Gasteiger partial charge on any atom is -0.204 e. The van der Waals surface area contributed by atoms with E-state index in [0.717, 1.165) is 12.1 Å². The molecule has 0 aliphatic carbocycles. The number of hydrogen-bond acceptors (Lipinski definition) is 0. The zero-order valence-corrected chi connectivity index (χ0v) is 5.85. The summed E-state index contributed by atoms with van der Waals surface area (Å²) in [7, 11) is 0. The first-order valence-electron chi connectivity index (χ1n) is 3.15. The molecule has 1 aromatic carbocycles. The van der Waals surface area contributed by atoms with E-state index >= 15 is 0 Å². The van der Waals surface area contributed by atoms with Crippen molar-refractivity contribution >= 4 is 0 Å². The Bertz CT molecular complexity index is 266. The van der Waals surface area contributed by atoms with Crippen molar-refractivity contribution < 1.29 is 8.78 Å². The molecule has 0 fully saturated rings. The van der Waals surface area contributed by atoms with Crippen LogP contribution < -0.4 is 0 Å². The van der Waals surface area contributed by atoms with E-state index in [1.54, 1.807) is 6.42 Å². The lowest BCUT2D eigenvalue weighted by atomic mass is 10.1. The molecular formula is C9H7F2. The fourth-order valence-electron chi connectivity index (χ4n) is 0.752. The fourth-order valence-corrected chi connectivity index (χ4v) is 0.752. The first-order valence-corrected chi connectivity index (χ1v) is 3.15. The molecule has 0 N–H and O–H groups in total. The Balaban J connectivity index is 2.95. The normalized spacial score (nSPS) is 9.64. The van der Waals surface area contributed by atoms with Crippen molar-refractivity contribution in [3.63, 3.8) is 0 Å². The van der Waals surface area contributed by atoms with E-state index < -0.39 is 11.6 Å². The Kier molecular flexibility index (Phi) is 2.36. The van der Waals surface area contributed by atoms with E-state index in [1.165, 1.54) is 12.1 Å². The van der Waals surface area contributed by atoms with Crippen LogP contribution in [-0.4, -0.2) is 0 Å². The summed E-state index contributed by atoms with van der Waals surface area (Å²) in [6.07, 6.45) is 3.12. The summed E-state index contributed by atoms with van der Waals surface area (Å²) in [6.45, 7) is 3.44. The first kappa shape index (κ1) is 7.92. The molecule has 0 saturated carbocycles. The van der Waals surface area contributed by atoms with Crippen LogP contribution in [0.4, 0.5) is 8.78 Å². The first-order chi connectivity index (χ1) is 5.24. The molecule has 1 radical (unpaired) electrons. The summed E-state index contributed by atoms with van der Waals surface area (Å²) in [5.41, 5.74) is 0.610. The quantitative estimate of drug-likeness (QED) is 0.612. The Labute approximate surface area is 64.2 Å². The van der Waals surface area contributed by atoms with Gasteiger partial charge in [-0.3, -0.25) is 0 Å². The van der Waals surface area contributed by atoms with E-state index in [9.17, 15) is 8.78 Å². The van der Waals surface area contributed by atoms with Crippen molar-refractivity contribution in [1.82, 2.24) is 0 Å². The van der Waals surface area contributed by atoms with E-state index in [1.807, 2.05) is 0 Å². The molecule has 0 heterocycles. The van der Waals surface area contributed by atoms with Crippen LogP contribution >= 0.6 is 0 Å². The Morgan fingerprint density at radius 3 is 2.45 bits per heavy atom. The molecule has 0 spiro atoms. The van der Waals surface area contributed by atoms with E-state index in [-0.39, 0.29) is 0 Å². The summed E-state index contributed by atoms with van der Waals surface area (Å²) in [4.78, 5) is 0. The van der Waals surface area contributed by atoms with Crippen molar-refractivity contribution in [2.75, 3.05) is 0 Å². The minimum absolute atomic E-state index is 0.610. The van der Waals surface area contributed by atoms with Gasteiger partial charge in [0.2, 0.25) is 0 Å². The molecule has 0 atom stereocenters. The number of rotatable bonds is 2. The lowest BCUT2D eigenvalue weighted by Gasteiger charge is -1.95. The molecule has 0 amide bonds. The van der Waals surface area contributed by atoms with Crippen LogP contribution in [0, 0.1) is 18.1 Å². The molecule has 1 rings (SSSR count). The molecule has 0 unspecified atom stereocenters. The van der Waals surface area contributed by atoms with Crippen LogP contribution in [0.15, 0.2) is 30.9 Å². The van der Waals surface area contributed by atoms with Crippen LogP contribution in [0.3, 0.4) is 0 Å². The maximum atomic E-state index is 12.5. The second-order valence-electron chi connectivity index (χ2n) is 2.08. The van der Waals surface area contributed by atoms with Gasteiger partial charge in [0.25, 0.3) is 0 Å². The fraction of sp³-hybridized carbons (Fsp3) is 0. The average molecular weight is 153 g/mol. The molecule has 0 bridgehead atoms. The molecule has 0 aliphatic heterocycles. The van der Waals surface area contributed by atoms with Gasteiger partial charge >= 0.3 is 0 Å². The molecule has 1 aromatic rings. The van der Waals surface area contributed by atoms with Crippen LogP contribution in [0.2, 0.25) is 0 Å². The third kappa shape index (κ3) is 1.87. The zero-order valence-electron chi connectivity index (χ0n) is 5.85. The Morgan fingerprint density at radius 1 is 1.18 bits per heavy atom. The molecule has 2 heteroatoms. The number of benzene rings is 1. The molecular weight excluding hydrogens is 146 g/mol. The third-order valence-corrected chi connectivity index (χ3v) is 1.25. The van der Waals surface area contributed by atoms with E-state index in [0.29, 0.717) is 5.56 Å². The highest BCUT2D eigenvalue weighted by molar-refractivity contribution is 5.28. The van der Waals surface area contributed by atoms with Crippen molar-refractivity contribution in [3.05, 3.63) is 54.5 Å². The molecule has 0 saturated heterocycles. The Hall–Kier alpha value is -1.18. The maximum absolute atomic E-state index is 12.5. The summed E-state index contributed by atoms with van der Waals surface area (Å²) in [6, 6.07) is 3.70. The molecule has 0 aliphatic rings. The predicted octanol–water partition coefficient (Wildman–Crippen LogP) is 2.70. The second-order valence-corrected chi connectivity index (χ2v) is 2.08. The average Bonchev–Trinajstić information content (AvgIpc) is 1.98. The lowest BCUT2D eigenvalue weighted by molar-refractivity contribution is 0.508. The summed E-state index contributed by atoms with van der Waals surface area (Å²) in [5, 5.41) is 0. The molecule has 0 aromatic heterocycles. The van der Waals surface area contributed by atoms with Gasteiger partial charge in [-0.05, 0) is 17.7 Å². The number of hydrogen-bond donors (Lipinski definition) is 0. The van der Waals surface area contributed by atoms with Crippen molar-refractivity contribution in [2.45, 2.75) is 0 Å². The third-order valence-electron chi connectivity index (χ3n) is 1.25. The highest BCUT2D eigenvalue weighted by Crippen LogP contribution is 2.09. The van der Waals surface area contributed by atoms with Gasteiger partial charge in [-0.1, -0.05) is 12.1 Å². The molecule has 11 heavy (non-hydrogen) atoms. The highest BCUT2D eigenvalue weighted by atomic mass is 19.2. The highest BCUT2D eigenvalue weighted by Gasteiger charge is 2.00. The number of halogens is 2. The summed E-state index contributed by atoms with van der Waals surface area (Å²) >= 11 is 0. The monoisotopic (exact) mass is 153 g/mol. The van der Waals surface area contributed by atoms with Gasteiger partial charge in [0.05, 0.1) is 0 Å². The zero-order chi connectivity index (χ0) is 8.27. The van der Waals surface area contributed by atoms with Gasteiger partial charge < -0.3 is 0 Å².